The van der Waals surface area contributed by atoms with E-state index >= 15 is 0 Å². The van der Waals surface area contributed by atoms with Crippen LogP contribution in [0.1, 0.15) is 34.8 Å². The van der Waals surface area contributed by atoms with Gasteiger partial charge in [-0.25, -0.2) is 4.68 Å². The Morgan fingerprint density at radius 1 is 1.00 bits per heavy atom. The number of aromatic nitrogens is 10. The van der Waals surface area contributed by atoms with Crippen molar-refractivity contribution in [2.75, 3.05) is 26.2 Å². The predicted octanol–water partition coefficient (Wildman–Crippen LogP) is 2.35. The average molecular weight is 561 g/mol. The molecule has 0 saturated carbocycles. The topological polar surface area (TPSA) is 139 Å². The van der Waals surface area contributed by atoms with Crippen molar-refractivity contribution in [1.82, 2.24) is 60.0 Å². The molecule has 14 heteroatoms. The largest absolute Gasteiger partial charge is 0.340 e. The van der Waals surface area contributed by atoms with E-state index in [1.165, 1.54) is 0 Å². The number of fused-ring (bicyclic) bond motifs is 1. The Morgan fingerprint density at radius 3 is 2.58 bits per heavy atom. The lowest BCUT2D eigenvalue weighted by Crippen LogP contribution is -2.48. The molecule has 0 unspecified atom stereocenters. The van der Waals surface area contributed by atoms with Gasteiger partial charge in [-0.2, -0.15) is 14.8 Å². The molecule has 1 N–H and O–H groups in total. The van der Waals surface area contributed by atoms with Gasteiger partial charge in [-0.15, -0.1) is 25.5 Å². The first-order valence-corrected chi connectivity index (χ1v) is 13.5. The quantitative estimate of drug-likeness (QED) is 0.317. The zero-order valence-electron chi connectivity index (χ0n) is 22.5. The Kier molecular flexibility index (Phi) is 6.98. The fourth-order valence-corrected chi connectivity index (χ4v) is 5.38. The lowest BCUT2D eigenvalue weighted by Gasteiger charge is -2.35. The van der Waals surface area contributed by atoms with Crippen molar-refractivity contribution in [2.24, 2.45) is 0 Å². The van der Waals surface area contributed by atoms with Crippen molar-refractivity contribution in [2.45, 2.75) is 40.2 Å². The van der Waals surface area contributed by atoms with Gasteiger partial charge in [0.2, 0.25) is 11.7 Å². The maximum Gasteiger partial charge on any atom is 0.222 e. The molecule has 0 bridgehead atoms. The summed E-state index contributed by atoms with van der Waals surface area (Å²) in [4.78, 5) is 17.4. The molecule has 0 aliphatic carbocycles. The van der Waals surface area contributed by atoms with Crippen molar-refractivity contribution in [3.8, 4) is 17.2 Å². The second-order valence-electron chi connectivity index (χ2n) is 9.97. The molecule has 5 aromatic rings. The predicted molar refractivity (Wildman–Crippen MR) is 147 cm³/mol. The van der Waals surface area contributed by atoms with Gasteiger partial charge in [0.05, 0.1) is 5.69 Å². The van der Waals surface area contributed by atoms with Crippen LogP contribution in [-0.2, 0) is 17.8 Å². The second kappa shape index (κ2) is 10.7. The fraction of sp³-hybridized carbons (Fsp3) is 0.385. The molecule has 0 radical (unpaired) electrons. The van der Waals surface area contributed by atoms with E-state index in [-0.39, 0.29) is 5.91 Å². The fourth-order valence-electron chi connectivity index (χ4n) is 5.14. The van der Waals surface area contributed by atoms with Crippen LogP contribution in [0.2, 0.25) is 5.02 Å². The van der Waals surface area contributed by atoms with Crippen LogP contribution in [0.3, 0.4) is 0 Å². The van der Waals surface area contributed by atoms with E-state index < -0.39 is 0 Å². The van der Waals surface area contributed by atoms with Crippen LogP contribution in [-0.4, -0.2) is 92.1 Å². The number of tetrazole rings is 1. The maximum atomic E-state index is 13.1. The van der Waals surface area contributed by atoms with Crippen LogP contribution < -0.4 is 0 Å². The van der Waals surface area contributed by atoms with E-state index in [0.29, 0.717) is 54.1 Å². The van der Waals surface area contributed by atoms with Gasteiger partial charge in [0.1, 0.15) is 0 Å². The molecule has 0 atom stereocenters. The first-order chi connectivity index (χ1) is 19.4. The number of aromatic amines is 1. The Hall–Kier alpha value is -4.23. The Morgan fingerprint density at radius 2 is 1.82 bits per heavy atom. The highest BCUT2D eigenvalue weighted by Gasteiger charge is 2.23. The SMILES string of the molecule is Cc1nn(-c2ccc3nnc(C)n3n2)c(C)c1CCC(=O)N1CCN(Cc2ccc(-c3nn[nH]n3)cc2Cl)CC1. The smallest absolute Gasteiger partial charge is 0.222 e. The van der Waals surface area contributed by atoms with Gasteiger partial charge in [0.25, 0.3) is 0 Å². The number of nitrogens with one attached hydrogen (secondary N) is 1. The summed E-state index contributed by atoms with van der Waals surface area (Å²) in [6.45, 7) is 9.55. The van der Waals surface area contributed by atoms with Gasteiger partial charge in [0.15, 0.2) is 17.3 Å². The van der Waals surface area contributed by atoms with Gasteiger partial charge >= 0.3 is 0 Å². The third-order valence-corrected chi connectivity index (χ3v) is 7.78. The van der Waals surface area contributed by atoms with Crippen LogP contribution in [0.5, 0.6) is 0 Å². The molecule has 1 amide bonds. The molecule has 1 fully saturated rings. The number of hydrogen-bond acceptors (Lipinski definition) is 9. The lowest BCUT2D eigenvalue weighted by molar-refractivity contribution is -0.133. The first kappa shape index (κ1) is 26.0. The highest BCUT2D eigenvalue weighted by molar-refractivity contribution is 6.31. The number of amides is 1. The Balaban J connectivity index is 1.04. The summed E-state index contributed by atoms with van der Waals surface area (Å²) in [5.74, 6) is 2.08. The molecule has 5 heterocycles. The van der Waals surface area contributed by atoms with E-state index in [9.17, 15) is 4.79 Å². The Labute approximate surface area is 235 Å². The highest BCUT2D eigenvalue weighted by Crippen LogP contribution is 2.25. The van der Waals surface area contributed by atoms with Gasteiger partial charge in [0, 0.05) is 55.4 Å². The molecule has 6 rings (SSSR count). The molecular formula is C26H29ClN12O. The van der Waals surface area contributed by atoms with E-state index in [1.54, 1.807) is 4.52 Å². The van der Waals surface area contributed by atoms with Crippen LogP contribution in [0, 0.1) is 20.8 Å². The number of piperazine rings is 1. The minimum atomic E-state index is 0.161. The second-order valence-corrected chi connectivity index (χ2v) is 10.4. The summed E-state index contributed by atoms with van der Waals surface area (Å²) < 4.78 is 3.53. The van der Waals surface area contributed by atoms with Crippen molar-refractivity contribution < 1.29 is 4.79 Å². The number of carbonyl (C=O) groups is 1. The van der Waals surface area contributed by atoms with E-state index in [4.69, 9.17) is 16.7 Å². The van der Waals surface area contributed by atoms with Gasteiger partial charge in [-0.3, -0.25) is 9.69 Å². The van der Waals surface area contributed by atoms with Crippen LogP contribution in [0.15, 0.2) is 30.3 Å². The normalized spacial score (nSPS) is 14.3. The van der Waals surface area contributed by atoms with E-state index in [1.807, 2.05) is 60.7 Å². The molecule has 40 heavy (non-hydrogen) atoms. The molecular weight excluding hydrogens is 532 g/mol. The summed E-state index contributed by atoms with van der Waals surface area (Å²) in [7, 11) is 0. The minimum Gasteiger partial charge on any atom is -0.340 e. The average Bonchev–Trinajstić information content (AvgIpc) is 3.69. The lowest BCUT2D eigenvalue weighted by atomic mass is 10.1. The van der Waals surface area contributed by atoms with Crippen LogP contribution >= 0.6 is 11.6 Å². The molecule has 13 nitrogen and oxygen atoms in total. The Bertz CT molecular complexity index is 1670. The van der Waals surface area contributed by atoms with Crippen LogP contribution in [0.4, 0.5) is 0 Å². The minimum absolute atomic E-state index is 0.161. The summed E-state index contributed by atoms with van der Waals surface area (Å²) in [5, 5.41) is 32.2. The molecule has 1 aromatic carbocycles. The zero-order valence-corrected chi connectivity index (χ0v) is 23.3. The molecule has 206 valence electrons. The third-order valence-electron chi connectivity index (χ3n) is 7.43. The number of benzene rings is 1. The molecule has 1 saturated heterocycles. The molecule has 1 aliphatic rings. The monoisotopic (exact) mass is 560 g/mol. The van der Waals surface area contributed by atoms with Gasteiger partial charge < -0.3 is 4.90 Å². The van der Waals surface area contributed by atoms with E-state index in [0.717, 1.165) is 47.7 Å². The van der Waals surface area contributed by atoms with Crippen molar-refractivity contribution in [3.63, 3.8) is 0 Å². The summed E-state index contributed by atoms with van der Waals surface area (Å²) in [6.07, 6.45) is 1.07. The number of aryl methyl sites for hydroxylation is 2. The number of halogens is 1. The van der Waals surface area contributed by atoms with Gasteiger partial charge in [-0.1, -0.05) is 23.7 Å². The molecule has 1 aliphatic heterocycles. The number of carbonyl (C=O) groups excluding carboxylic acids is 1. The summed E-state index contributed by atoms with van der Waals surface area (Å²) in [6, 6.07) is 9.56. The summed E-state index contributed by atoms with van der Waals surface area (Å²) in [5.41, 5.74) is 5.50. The van der Waals surface area contributed by atoms with E-state index in [2.05, 4.69) is 40.8 Å². The number of hydrogen-bond donors (Lipinski definition) is 1. The van der Waals surface area contributed by atoms with Crippen molar-refractivity contribution >= 4 is 23.2 Å². The maximum absolute atomic E-state index is 13.1. The summed E-state index contributed by atoms with van der Waals surface area (Å²) >= 11 is 6.54. The number of H-pyrrole nitrogens is 1. The molecule has 4 aromatic heterocycles. The highest BCUT2D eigenvalue weighted by atomic mass is 35.5. The first-order valence-electron chi connectivity index (χ1n) is 13.1. The van der Waals surface area contributed by atoms with Crippen molar-refractivity contribution in [1.29, 1.82) is 0 Å². The van der Waals surface area contributed by atoms with Crippen LogP contribution in [0.25, 0.3) is 22.9 Å². The van der Waals surface area contributed by atoms with Gasteiger partial charge in [-0.05, 0) is 61.7 Å². The van der Waals surface area contributed by atoms with Crippen molar-refractivity contribution in [3.05, 3.63) is 63.7 Å². The zero-order chi connectivity index (χ0) is 27.8. The number of rotatable bonds is 7. The third kappa shape index (κ3) is 5.05. The number of nitrogens with zero attached hydrogens (tertiary/aromatic N) is 11. The molecule has 0 spiro atoms. The standard InChI is InChI=1S/C26H29ClN12O/c1-16-21(17(2)38(32-16)24-8-7-23-29-28-18(3)39(23)33-24)6-9-25(40)37-12-10-36(11-13-37)15-20-5-4-19(14-22(20)27)26-30-34-35-31-26/h4-5,7-8,14H,6,9-13,15H2,1-3H3,(H,30,31,34,35).